The summed E-state index contributed by atoms with van der Waals surface area (Å²) in [5, 5.41) is 8.41. The highest BCUT2D eigenvalue weighted by Crippen LogP contribution is 2.37. The van der Waals surface area contributed by atoms with Crippen LogP contribution in [0, 0.1) is 12.3 Å². The van der Waals surface area contributed by atoms with Crippen molar-refractivity contribution in [3.63, 3.8) is 0 Å². The van der Waals surface area contributed by atoms with Gasteiger partial charge in [-0.1, -0.05) is 42.3 Å². The van der Waals surface area contributed by atoms with Crippen LogP contribution in [0.2, 0.25) is 0 Å². The van der Waals surface area contributed by atoms with Crippen LogP contribution in [0.5, 0.6) is 0 Å². The second kappa shape index (κ2) is 9.94. The molecular formula is C31H25N7O4S. The molecule has 0 unspecified atom stereocenters. The van der Waals surface area contributed by atoms with Crippen LogP contribution in [0.25, 0.3) is 34.3 Å². The van der Waals surface area contributed by atoms with Gasteiger partial charge in [0, 0.05) is 40.6 Å². The molecule has 214 valence electrons. The van der Waals surface area contributed by atoms with E-state index in [1.165, 1.54) is 10.7 Å². The lowest BCUT2D eigenvalue weighted by atomic mass is 9.97. The van der Waals surface area contributed by atoms with Crippen LogP contribution in [0.3, 0.4) is 0 Å². The molecule has 0 aliphatic heterocycles. The van der Waals surface area contributed by atoms with Gasteiger partial charge in [-0.25, -0.2) is 9.50 Å². The summed E-state index contributed by atoms with van der Waals surface area (Å²) in [4.78, 5) is 32.4. The predicted molar refractivity (Wildman–Crippen MR) is 164 cm³/mol. The molecule has 3 N–H and O–H groups in total. The van der Waals surface area contributed by atoms with Crippen LogP contribution in [0.4, 0.5) is 5.82 Å². The largest absolute Gasteiger partial charge is 0.344 e. The van der Waals surface area contributed by atoms with Gasteiger partial charge in [0.2, 0.25) is 0 Å². The third-order valence-corrected chi connectivity index (χ3v) is 8.66. The first-order valence-electron chi connectivity index (χ1n) is 13.7. The number of para-hydroxylation sites is 1. The van der Waals surface area contributed by atoms with Crippen LogP contribution in [-0.4, -0.2) is 39.5 Å². The molecule has 2 aliphatic rings. The molecule has 7 rings (SSSR count). The van der Waals surface area contributed by atoms with E-state index in [0.29, 0.717) is 22.3 Å². The lowest BCUT2D eigenvalue weighted by Gasteiger charge is -2.23. The summed E-state index contributed by atoms with van der Waals surface area (Å²) in [7, 11) is -3.99. The summed E-state index contributed by atoms with van der Waals surface area (Å²) < 4.78 is 33.4. The summed E-state index contributed by atoms with van der Waals surface area (Å²) in [5.74, 6) is 1.85. The number of nitrogens with one attached hydrogen (secondary N) is 3. The number of carbonyl (C=O) groups excluding carboxylic acids is 1. The fourth-order valence-electron chi connectivity index (χ4n) is 5.54. The number of rotatable bonds is 8. The Morgan fingerprint density at radius 2 is 1.88 bits per heavy atom. The molecule has 1 amide bonds. The molecule has 1 fully saturated rings. The number of benzene rings is 2. The highest BCUT2D eigenvalue weighted by molar-refractivity contribution is 7.90. The number of aromatic nitrogens is 4. The van der Waals surface area contributed by atoms with Crippen molar-refractivity contribution in [2.45, 2.75) is 31.8 Å². The van der Waals surface area contributed by atoms with Gasteiger partial charge >= 0.3 is 10.2 Å². The number of hydrogen-bond donors (Lipinski definition) is 3. The van der Waals surface area contributed by atoms with Gasteiger partial charge in [-0.3, -0.25) is 18.9 Å². The van der Waals surface area contributed by atoms with Gasteiger partial charge in [0.15, 0.2) is 11.5 Å². The monoisotopic (exact) mass is 591 g/mol. The molecule has 5 aromatic rings. The summed E-state index contributed by atoms with van der Waals surface area (Å²) in [5.41, 5.74) is 3.05. The Bertz CT molecular complexity index is 2210. The van der Waals surface area contributed by atoms with Gasteiger partial charge < -0.3 is 5.32 Å². The number of hydrogen-bond acceptors (Lipinski definition) is 6. The molecule has 1 saturated carbocycles. The van der Waals surface area contributed by atoms with Gasteiger partial charge in [0.1, 0.15) is 5.56 Å². The van der Waals surface area contributed by atoms with Crippen molar-refractivity contribution < 1.29 is 13.2 Å². The van der Waals surface area contributed by atoms with E-state index in [9.17, 15) is 18.0 Å². The van der Waals surface area contributed by atoms with Gasteiger partial charge in [-0.2, -0.15) is 13.1 Å². The normalized spacial score (nSPS) is 14.6. The molecule has 3 heterocycles. The van der Waals surface area contributed by atoms with Crippen LogP contribution >= 0.6 is 0 Å². The minimum absolute atomic E-state index is 0.0507. The Labute approximate surface area is 246 Å². The van der Waals surface area contributed by atoms with Gasteiger partial charge in [0.05, 0.1) is 17.1 Å². The average molecular weight is 592 g/mol. The standard InChI is InChI=1S/C31H25N7O4S/c1-3-19-10-11-20-12-15-23-24(20)25(19)31(40)38(22-8-5-4-6-9-22)27(23)18(2)33-30(39)26-28(34-37-17-7-16-32-29(26)37)36-43(41,42)35-21-13-14-21/h1,4-12,15-18,21,35H,13-14H2,2H3,(H,33,39)(H,34,36)/t18-/m1/s1. The lowest BCUT2D eigenvalue weighted by Crippen LogP contribution is -2.35. The Morgan fingerprint density at radius 3 is 2.63 bits per heavy atom. The van der Waals surface area contributed by atoms with Crippen LogP contribution < -0.4 is 20.3 Å². The van der Waals surface area contributed by atoms with Gasteiger partial charge in [0.25, 0.3) is 11.5 Å². The Morgan fingerprint density at radius 1 is 1.09 bits per heavy atom. The molecule has 0 radical (unpaired) electrons. The van der Waals surface area contributed by atoms with Crippen molar-refractivity contribution in [1.82, 2.24) is 29.2 Å². The molecule has 3 aromatic heterocycles. The number of nitrogens with zero attached hydrogens (tertiary/aromatic N) is 4. The van der Waals surface area contributed by atoms with Crippen LogP contribution in [0.1, 0.15) is 58.5 Å². The number of carbonyl (C=O) groups is 1. The zero-order chi connectivity index (χ0) is 29.9. The van der Waals surface area contributed by atoms with Gasteiger partial charge in [-0.15, -0.1) is 11.5 Å². The van der Waals surface area contributed by atoms with Crippen molar-refractivity contribution in [3.05, 3.63) is 99.2 Å². The quantitative estimate of drug-likeness (QED) is 0.232. The number of amides is 1. The number of anilines is 1. The average Bonchev–Trinajstić information content (AvgIpc) is 3.57. The molecule has 12 heteroatoms. The molecule has 1 atom stereocenters. The summed E-state index contributed by atoms with van der Waals surface area (Å²) in [6, 6.07) is 13.5. The fourth-order valence-corrected chi connectivity index (χ4v) is 6.67. The Hall–Kier alpha value is -5.25. The van der Waals surface area contributed by atoms with E-state index >= 15 is 0 Å². The maximum absolute atomic E-state index is 14.2. The van der Waals surface area contributed by atoms with E-state index in [4.69, 9.17) is 6.42 Å². The number of terminal acetylenes is 1. The van der Waals surface area contributed by atoms with E-state index in [-0.39, 0.29) is 28.6 Å². The van der Waals surface area contributed by atoms with Crippen molar-refractivity contribution in [2.24, 2.45) is 0 Å². The van der Waals surface area contributed by atoms with Crippen LogP contribution in [-0.2, 0) is 10.2 Å². The molecular weight excluding hydrogens is 566 g/mol. The first-order chi connectivity index (χ1) is 20.8. The van der Waals surface area contributed by atoms with Crippen molar-refractivity contribution in [2.75, 3.05) is 4.72 Å². The Balaban J connectivity index is 1.36. The van der Waals surface area contributed by atoms with Crippen LogP contribution in [0.15, 0.2) is 65.7 Å². The van der Waals surface area contributed by atoms with Crippen molar-refractivity contribution in [1.29, 1.82) is 0 Å². The summed E-state index contributed by atoms with van der Waals surface area (Å²) >= 11 is 0. The third-order valence-electron chi connectivity index (χ3n) is 7.55. The minimum atomic E-state index is -3.99. The topological polar surface area (TPSA) is 139 Å². The van der Waals surface area contributed by atoms with E-state index in [1.807, 2.05) is 48.6 Å². The first kappa shape index (κ1) is 26.6. The highest BCUT2D eigenvalue weighted by atomic mass is 32.2. The number of fused-ring (bicyclic) bond motifs is 1. The molecule has 0 spiro atoms. The molecule has 0 saturated heterocycles. The second-order valence-electron chi connectivity index (χ2n) is 10.5. The minimum Gasteiger partial charge on any atom is -0.344 e. The fraction of sp³-hybridized carbons (Fsp3) is 0.161. The molecule has 2 aliphatic carbocycles. The smallest absolute Gasteiger partial charge is 0.300 e. The van der Waals surface area contributed by atoms with E-state index in [2.05, 4.69) is 30.8 Å². The lowest BCUT2D eigenvalue weighted by molar-refractivity contribution is 0.0941. The van der Waals surface area contributed by atoms with Crippen molar-refractivity contribution >= 4 is 50.5 Å². The summed E-state index contributed by atoms with van der Waals surface area (Å²) in [6.07, 6.45) is 14.2. The second-order valence-corrected chi connectivity index (χ2v) is 12.0. The highest BCUT2D eigenvalue weighted by Gasteiger charge is 2.32. The molecule has 0 bridgehead atoms. The number of pyridine rings is 1. The molecule has 43 heavy (non-hydrogen) atoms. The van der Waals surface area contributed by atoms with E-state index in [1.54, 1.807) is 29.8 Å². The maximum Gasteiger partial charge on any atom is 0.300 e. The SMILES string of the molecule is C#Cc1ccc2c3c(c([C@@H](C)NC(=O)c4c(NS(=O)(=O)NC5CC5)nn5cccnc45)n(-c4ccccc4)c(=O)c13)C=C2. The first-order valence-corrected chi connectivity index (χ1v) is 15.1. The summed E-state index contributed by atoms with van der Waals surface area (Å²) in [6.45, 7) is 1.77. The van der Waals surface area contributed by atoms with Gasteiger partial charge in [-0.05, 0) is 49.6 Å². The van der Waals surface area contributed by atoms with Crippen molar-refractivity contribution in [3.8, 4) is 18.0 Å². The Kier molecular flexibility index (Phi) is 6.16. The van der Waals surface area contributed by atoms with E-state index < -0.39 is 22.2 Å². The molecule has 2 aromatic carbocycles. The zero-order valence-corrected chi connectivity index (χ0v) is 23.7. The molecule has 11 nitrogen and oxygen atoms in total. The van der Waals surface area contributed by atoms with E-state index in [0.717, 1.165) is 29.4 Å². The predicted octanol–water partition coefficient (Wildman–Crippen LogP) is 3.40. The zero-order valence-electron chi connectivity index (χ0n) is 22.9. The maximum atomic E-state index is 14.2. The third kappa shape index (κ3) is 4.55.